The highest BCUT2D eigenvalue weighted by Gasteiger charge is 2.26. The Hall–Kier alpha value is -5.24. The topological polar surface area (TPSA) is 126 Å². The Kier molecular flexibility index (Phi) is 13.9. The minimum atomic E-state index is -0.764. The summed E-state index contributed by atoms with van der Waals surface area (Å²) in [4.78, 5) is 26.4. The molecule has 0 saturated heterocycles. The molecule has 13 heteroatoms. The molecule has 4 aromatic rings. The number of rotatable bonds is 16. The summed E-state index contributed by atoms with van der Waals surface area (Å²) >= 11 is 0. The molecule has 4 aromatic carbocycles. The zero-order valence-electron chi connectivity index (χ0n) is 27.3. The van der Waals surface area contributed by atoms with Crippen LogP contribution in [0.2, 0.25) is 0 Å². The third-order valence-electron chi connectivity index (χ3n) is 7.52. The van der Waals surface area contributed by atoms with Crippen molar-refractivity contribution in [3.8, 4) is 5.75 Å². The van der Waals surface area contributed by atoms with E-state index < -0.39 is 48.1 Å². The molecule has 0 aromatic heterocycles. The third kappa shape index (κ3) is 10.9. The fourth-order valence-corrected chi connectivity index (χ4v) is 4.94. The van der Waals surface area contributed by atoms with Gasteiger partial charge in [0, 0.05) is 6.54 Å². The van der Waals surface area contributed by atoms with Gasteiger partial charge in [0.05, 0.1) is 42.9 Å². The van der Waals surface area contributed by atoms with Crippen molar-refractivity contribution in [2.24, 2.45) is 5.73 Å². The number of benzene rings is 4. The number of ether oxygens (including phenoxy) is 2. The first kappa shape index (κ1) is 37.6. The Morgan fingerprint density at radius 1 is 0.900 bits per heavy atom. The maximum atomic E-state index is 15.4. The molecule has 0 spiro atoms. The van der Waals surface area contributed by atoms with Crippen LogP contribution in [0.1, 0.15) is 30.0 Å². The number of hydrogen-bond donors (Lipinski definition) is 4. The number of nitrogens with zero attached hydrogens (tertiary/aromatic N) is 1. The number of anilines is 2. The minimum absolute atomic E-state index is 0.0113. The van der Waals surface area contributed by atoms with Crippen LogP contribution in [0.5, 0.6) is 5.75 Å². The van der Waals surface area contributed by atoms with Gasteiger partial charge in [0.1, 0.15) is 17.5 Å². The molecule has 5 N–H and O–H groups in total. The Morgan fingerprint density at radius 3 is 2.22 bits per heavy atom. The van der Waals surface area contributed by atoms with E-state index in [1.54, 1.807) is 19.1 Å². The summed E-state index contributed by atoms with van der Waals surface area (Å²) in [6, 6.07) is 18.7. The Labute approximate surface area is 287 Å². The van der Waals surface area contributed by atoms with Gasteiger partial charge in [-0.3, -0.25) is 9.69 Å². The van der Waals surface area contributed by atoms with Gasteiger partial charge in [0.2, 0.25) is 5.91 Å². The van der Waals surface area contributed by atoms with Crippen molar-refractivity contribution in [1.29, 1.82) is 0 Å². The standard InChI is InChI=1S/C37H38F4N4O5/c1-24(15-17-43-31(23-46)16-18-49-37(48)44-22-26-7-12-29(39)13-8-26)50-36-32(41)3-2-4-33(36)45(35(47)21-42)34-20-30(40)14-9-27(34)19-25-5-10-28(38)11-6-25/h2-14,16,18,20,24,31,43,46H,15,17,19,21-23,42H2,1H3,(H,44,48)/b18-16+/t24-,31?/m0/s1. The first-order valence-corrected chi connectivity index (χ1v) is 15.8. The van der Waals surface area contributed by atoms with Crippen LogP contribution in [0.15, 0.2) is 97.3 Å². The van der Waals surface area contributed by atoms with Gasteiger partial charge in [-0.2, -0.15) is 0 Å². The van der Waals surface area contributed by atoms with Crippen molar-refractivity contribution in [3.05, 3.63) is 137 Å². The van der Waals surface area contributed by atoms with Gasteiger partial charge in [-0.25, -0.2) is 22.4 Å². The van der Waals surface area contributed by atoms with E-state index in [1.807, 2.05) is 0 Å². The number of halogens is 4. The van der Waals surface area contributed by atoms with E-state index >= 15 is 4.39 Å². The van der Waals surface area contributed by atoms with Crippen LogP contribution >= 0.6 is 0 Å². The molecule has 0 radical (unpaired) electrons. The second kappa shape index (κ2) is 18.5. The van der Waals surface area contributed by atoms with Crippen LogP contribution in [0.4, 0.5) is 33.7 Å². The van der Waals surface area contributed by atoms with Gasteiger partial charge in [-0.05, 0) is 97.6 Å². The average Bonchev–Trinajstić information content (AvgIpc) is 3.10. The molecule has 264 valence electrons. The van der Waals surface area contributed by atoms with Crippen LogP contribution in [-0.2, 0) is 22.5 Å². The fourth-order valence-electron chi connectivity index (χ4n) is 4.94. The summed E-state index contributed by atoms with van der Waals surface area (Å²) in [5, 5.41) is 15.3. The van der Waals surface area contributed by atoms with E-state index in [9.17, 15) is 27.9 Å². The highest BCUT2D eigenvalue weighted by molar-refractivity contribution is 6.03. The molecule has 0 fully saturated rings. The van der Waals surface area contributed by atoms with Gasteiger partial charge >= 0.3 is 6.09 Å². The van der Waals surface area contributed by atoms with Crippen LogP contribution < -0.4 is 26.0 Å². The van der Waals surface area contributed by atoms with Crippen molar-refractivity contribution in [2.45, 2.75) is 38.5 Å². The molecule has 0 heterocycles. The molecule has 0 bridgehead atoms. The van der Waals surface area contributed by atoms with Crippen molar-refractivity contribution < 1.29 is 41.7 Å². The number of aliphatic hydroxyl groups is 1. The minimum Gasteiger partial charge on any atom is -0.485 e. The molecule has 0 saturated carbocycles. The van der Waals surface area contributed by atoms with Crippen LogP contribution in [0.25, 0.3) is 0 Å². The lowest BCUT2D eigenvalue weighted by Gasteiger charge is -2.28. The lowest BCUT2D eigenvalue weighted by Crippen LogP contribution is -2.34. The van der Waals surface area contributed by atoms with Crippen molar-refractivity contribution >= 4 is 23.4 Å². The molecule has 50 heavy (non-hydrogen) atoms. The van der Waals surface area contributed by atoms with Gasteiger partial charge in [-0.1, -0.05) is 36.4 Å². The molecule has 9 nitrogen and oxygen atoms in total. The number of aliphatic hydroxyl groups excluding tert-OH is 1. The summed E-state index contributed by atoms with van der Waals surface area (Å²) in [6.07, 6.45) is 1.74. The average molecular weight is 695 g/mol. The van der Waals surface area contributed by atoms with E-state index in [1.165, 1.54) is 72.8 Å². The van der Waals surface area contributed by atoms with Gasteiger partial charge in [-0.15, -0.1) is 0 Å². The maximum Gasteiger partial charge on any atom is 0.412 e. The molecule has 2 amide bonds. The fraction of sp³-hybridized carbons (Fsp3) is 0.243. The van der Waals surface area contributed by atoms with Crippen molar-refractivity contribution in [1.82, 2.24) is 10.6 Å². The van der Waals surface area contributed by atoms with Crippen LogP contribution in [-0.4, -0.2) is 48.9 Å². The summed E-state index contributed by atoms with van der Waals surface area (Å²) in [5.41, 5.74) is 7.78. The lowest BCUT2D eigenvalue weighted by atomic mass is 10.0. The van der Waals surface area contributed by atoms with Gasteiger partial charge in [0.15, 0.2) is 11.6 Å². The van der Waals surface area contributed by atoms with Crippen LogP contribution in [0.3, 0.4) is 0 Å². The van der Waals surface area contributed by atoms with E-state index in [0.717, 1.165) is 17.2 Å². The Balaban J connectivity index is 1.41. The smallest absolute Gasteiger partial charge is 0.412 e. The second-order valence-corrected chi connectivity index (χ2v) is 11.3. The molecule has 4 rings (SSSR count). The number of carbonyl (C=O) groups excluding carboxylic acids is 2. The zero-order valence-corrected chi connectivity index (χ0v) is 27.3. The molecular weight excluding hydrogens is 656 g/mol. The highest BCUT2D eigenvalue weighted by atomic mass is 19.1. The SMILES string of the molecule is C[C@@H](CCNC(/C=C/OC(=O)NCc1ccc(F)cc1)CO)Oc1c(F)cccc1N(C(=O)CN)c1cc(F)ccc1Cc1ccc(F)cc1. The molecule has 0 aliphatic heterocycles. The highest BCUT2D eigenvalue weighted by Crippen LogP contribution is 2.39. The molecule has 2 atom stereocenters. The largest absolute Gasteiger partial charge is 0.485 e. The van der Waals surface area contributed by atoms with E-state index in [0.29, 0.717) is 23.1 Å². The summed E-state index contributed by atoms with van der Waals surface area (Å²) in [5.74, 6) is -3.11. The zero-order chi connectivity index (χ0) is 36.0. The molecule has 0 aliphatic carbocycles. The number of nitrogens with two attached hydrogens (primary N) is 1. The number of nitrogens with one attached hydrogen (secondary N) is 2. The first-order valence-electron chi connectivity index (χ1n) is 15.8. The third-order valence-corrected chi connectivity index (χ3v) is 7.52. The number of amides is 2. The number of carbonyl (C=O) groups is 2. The molecule has 0 aliphatic rings. The summed E-state index contributed by atoms with van der Waals surface area (Å²) in [7, 11) is 0. The van der Waals surface area contributed by atoms with E-state index in [2.05, 4.69) is 10.6 Å². The molecule has 1 unspecified atom stereocenters. The van der Waals surface area contributed by atoms with Gasteiger partial charge in [0.25, 0.3) is 0 Å². The lowest BCUT2D eigenvalue weighted by molar-refractivity contribution is -0.116. The predicted molar refractivity (Wildman–Crippen MR) is 181 cm³/mol. The van der Waals surface area contributed by atoms with Gasteiger partial charge < -0.3 is 30.9 Å². The Bertz CT molecular complexity index is 1760. The predicted octanol–water partition coefficient (Wildman–Crippen LogP) is 6.01. The summed E-state index contributed by atoms with van der Waals surface area (Å²) < 4.78 is 67.6. The molecular formula is C37H38F4N4O5. The van der Waals surface area contributed by atoms with Crippen molar-refractivity contribution in [3.63, 3.8) is 0 Å². The van der Waals surface area contributed by atoms with E-state index in [-0.39, 0.29) is 49.1 Å². The second-order valence-electron chi connectivity index (χ2n) is 11.3. The summed E-state index contributed by atoms with van der Waals surface area (Å²) in [6.45, 7) is 1.31. The quantitative estimate of drug-likeness (QED) is 0.0837. The number of alkyl carbamates (subject to hydrolysis) is 1. The normalized spacial score (nSPS) is 12.4. The van der Waals surface area contributed by atoms with E-state index in [4.69, 9.17) is 15.2 Å². The monoisotopic (exact) mass is 694 g/mol. The Morgan fingerprint density at radius 2 is 1.56 bits per heavy atom. The van der Waals surface area contributed by atoms with Crippen LogP contribution in [0, 0.1) is 23.3 Å². The number of hydrogen-bond acceptors (Lipinski definition) is 7. The van der Waals surface area contributed by atoms with Crippen molar-refractivity contribution in [2.75, 3.05) is 24.6 Å². The first-order chi connectivity index (χ1) is 24.1. The maximum absolute atomic E-state index is 15.4. The number of para-hydroxylation sites is 1.